The molecule has 0 fully saturated rings. The molecule has 0 unspecified atom stereocenters. The first-order valence-electron chi connectivity index (χ1n) is 6.19. The normalized spacial score (nSPS) is 10.7. The molecule has 108 valence electrons. The van der Waals surface area contributed by atoms with E-state index in [1.165, 1.54) is 18.5 Å². The summed E-state index contributed by atoms with van der Waals surface area (Å²) in [7, 11) is 0. The highest BCUT2D eigenvalue weighted by Gasteiger charge is 2.09. The van der Waals surface area contributed by atoms with Crippen molar-refractivity contribution in [3.05, 3.63) is 42.5 Å². The molecule has 2 rings (SSSR count). The van der Waals surface area contributed by atoms with Crippen LogP contribution in [-0.4, -0.2) is 38.5 Å². The Bertz CT molecular complexity index is 691. The van der Waals surface area contributed by atoms with Crippen molar-refractivity contribution in [3.63, 3.8) is 0 Å². The van der Waals surface area contributed by atoms with Gasteiger partial charge in [0.2, 0.25) is 0 Å². The summed E-state index contributed by atoms with van der Waals surface area (Å²) in [6.45, 7) is 2.02. The minimum Gasteiger partial charge on any atom is -0.463 e. The van der Waals surface area contributed by atoms with E-state index in [2.05, 4.69) is 10.1 Å². The highest BCUT2D eigenvalue weighted by atomic mass is 16.5. The van der Waals surface area contributed by atoms with E-state index in [9.17, 15) is 9.59 Å². The lowest BCUT2D eigenvalue weighted by Gasteiger charge is -2.02. The van der Waals surface area contributed by atoms with Crippen molar-refractivity contribution in [1.82, 2.24) is 14.8 Å². The first-order valence-corrected chi connectivity index (χ1v) is 6.19. The predicted molar refractivity (Wildman–Crippen MR) is 74.5 cm³/mol. The van der Waals surface area contributed by atoms with Gasteiger partial charge in [-0.05, 0) is 24.6 Å². The molecule has 0 radical (unpaired) electrons. The van der Waals surface area contributed by atoms with E-state index in [-0.39, 0.29) is 0 Å². The molecule has 1 N–H and O–H groups in total. The number of carbonyl (C=O) groups excluding carboxylic acids is 1. The van der Waals surface area contributed by atoms with Gasteiger partial charge in [-0.3, -0.25) is 4.98 Å². The summed E-state index contributed by atoms with van der Waals surface area (Å²) in [5, 5.41) is 12.6. The number of pyridine rings is 1. The number of hydrogen-bond acceptors (Lipinski definition) is 5. The Morgan fingerprint density at radius 2 is 2.24 bits per heavy atom. The third-order valence-corrected chi connectivity index (χ3v) is 2.63. The minimum absolute atomic E-state index is 0.300. The molecule has 0 saturated heterocycles. The van der Waals surface area contributed by atoms with Crippen LogP contribution in [0.3, 0.4) is 0 Å². The van der Waals surface area contributed by atoms with Crippen molar-refractivity contribution >= 4 is 18.1 Å². The molecule has 0 aromatic carbocycles. The van der Waals surface area contributed by atoms with Crippen molar-refractivity contribution in [1.29, 1.82) is 0 Å². The fourth-order valence-corrected chi connectivity index (χ4v) is 1.72. The fraction of sp³-hybridized carbons (Fsp3) is 0.143. The number of ether oxygens (including phenoxy) is 1. The maximum atomic E-state index is 11.3. The lowest BCUT2D eigenvalue weighted by molar-refractivity contribution is -0.137. The van der Waals surface area contributed by atoms with Crippen LogP contribution in [0, 0.1) is 0 Å². The average molecular weight is 287 g/mol. The number of carbonyl (C=O) groups is 2. The molecule has 2 aromatic heterocycles. The van der Waals surface area contributed by atoms with E-state index >= 15 is 0 Å². The molecule has 2 heterocycles. The maximum absolute atomic E-state index is 11.3. The minimum atomic E-state index is -1.17. The highest BCUT2D eigenvalue weighted by Crippen LogP contribution is 2.23. The van der Waals surface area contributed by atoms with Crippen LogP contribution in [0.5, 0.6) is 0 Å². The molecular formula is C14H13N3O4. The van der Waals surface area contributed by atoms with Crippen molar-refractivity contribution in [2.24, 2.45) is 0 Å². The third-order valence-electron chi connectivity index (χ3n) is 2.63. The summed E-state index contributed by atoms with van der Waals surface area (Å²) in [6, 6.07) is 1.72. The second kappa shape index (κ2) is 6.47. The van der Waals surface area contributed by atoms with Crippen LogP contribution < -0.4 is 0 Å². The molecule has 0 amide bonds. The first-order chi connectivity index (χ1) is 10.1. The fourth-order valence-electron chi connectivity index (χ4n) is 1.72. The van der Waals surface area contributed by atoms with Gasteiger partial charge in [0.1, 0.15) is 0 Å². The number of esters is 1. The molecule has 0 aliphatic carbocycles. The number of aromatic nitrogens is 3. The summed E-state index contributed by atoms with van der Waals surface area (Å²) in [6.07, 6.45) is 7.67. The topological polar surface area (TPSA) is 94.3 Å². The van der Waals surface area contributed by atoms with E-state index < -0.39 is 12.1 Å². The molecule has 0 bridgehead atoms. The van der Waals surface area contributed by atoms with Crippen LogP contribution in [0.4, 0.5) is 4.79 Å². The second-order valence-corrected chi connectivity index (χ2v) is 4.00. The van der Waals surface area contributed by atoms with E-state index in [0.717, 1.165) is 10.2 Å². The zero-order valence-electron chi connectivity index (χ0n) is 11.3. The van der Waals surface area contributed by atoms with E-state index in [4.69, 9.17) is 9.84 Å². The molecular weight excluding hydrogens is 274 g/mol. The Balaban J connectivity index is 2.32. The Morgan fingerprint density at radius 1 is 1.43 bits per heavy atom. The van der Waals surface area contributed by atoms with Gasteiger partial charge in [-0.1, -0.05) is 0 Å². The third kappa shape index (κ3) is 3.53. The SMILES string of the molecule is CCOC(=O)/C=C/c1cnccc1-c1cnn(C(=O)O)c1. The van der Waals surface area contributed by atoms with Crippen molar-refractivity contribution in [3.8, 4) is 11.1 Å². The van der Waals surface area contributed by atoms with Gasteiger partial charge in [-0.2, -0.15) is 9.78 Å². The lowest BCUT2D eigenvalue weighted by Crippen LogP contribution is -2.07. The molecule has 0 aliphatic rings. The lowest BCUT2D eigenvalue weighted by atomic mass is 10.1. The summed E-state index contributed by atoms with van der Waals surface area (Å²) in [4.78, 5) is 26.2. The van der Waals surface area contributed by atoms with E-state index in [1.54, 1.807) is 31.5 Å². The van der Waals surface area contributed by atoms with Crippen LogP contribution >= 0.6 is 0 Å². The summed E-state index contributed by atoms with van der Waals surface area (Å²) >= 11 is 0. The predicted octanol–water partition coefficient (Wildman–Crippen LogP) is 2.05. The average Bonchev–Trinajstić information content (AvgIpc) is 2.95. The van der Waals surface area contributed by atoms with Gasteiger partial charge in [0, 0.05) is 35.8 Å². The number of hydrogen-bond donors (Lipinski definition) is 1. The summed E-state index contributed by atoms with van der Waals surface area (Å²) in [5.41, 5.74) is 2.00. The monoisotopic (exact) mass is 287 g/mol. The molecule has 21 heavy (non-hydrogen) atoms. The van der Waals surface area contributed by atoms with Gasteiger partial charge in [-0.25, -0.2) is 9.59 Å². The standard InChI is InChI=1S/C14H13N3O4/c1-2-21-13(18)4-3-10-7-15-6-5-12(10)11-8-16-17(9-11)14(19)20/h3-9H,2H2,1H3,(H,19,20)/b4-3+. The van der Waals surface area contributed by atoms with Crippen LogP contribution in [0.2, 0.25) is 0 Å². The second-order valence-electron chi connectivity index (χ2n) is 4.00. The summed E-state index contributed by atoms with van der Waals surface area (Å²) in [5.74, 6) is -0.450. The van der Waals surface area contributed by atoms with Crippen LogP contribution in [0.1, 0.15) is 12.5 Å². The van der Waals surface area contributed by atoms with Gasteiger partial charge in [-0.15, -0.1) is 0 Å². The zero-order valence-corrected chi connectivity index (χ0v) is 11.3. The zero-order chi connectivity index (χ0) is 15.2. The molecule has 7 nitrogen and oxygen atoms in total. The summed E-state index contributed by atoms with van der Waals surface area (Å²) < 4.78 is 5.62. The van der Waals surface area contributed by atoms with Crippen molar-refractivity contribution < 1.29 is 19.4 Å². The Morgan fingerprint density at radius 3 is 2.90 bits per heavy atom. The number of rotatable bonds is 4. The Hall–Kier alpha value is -2.96. The van der Waals surface area contributed by atoms with Gasteiger partial charge >= 0.3 is 12.1 Å². The van der Waals surface area contributed by atoms with Crippen LogP contribution in [0.25, 0.3) is 17.2 Å². The highest BCUT2D eigenvalue weighted by molar-refractivity contribution is 5.89. The largest absolute Gasteiger partial charge is 0.463 e. The number of carboxylic acid groups (broad SMARTS) is 1. The Labute approximate surface area is 120 Å². The number of nitrogens with zero attached hydrogens (tertiary/aromatic N) is 3. The van der Waals surface area contributed by atoms with Gasteiger partial charge in [0.05, 0.1) is 12.8 Å². The van der Waals surface area contributed by atoms with E-state index in [0.29, 0.717) is 17.7 Å². The smallest absolute Gasteiger partial charge is 0.432 e. The maximum Gasteiger partial charge on any atom is 0.432 e. The molecule has 0 aliphatic heterocycles. The molecule has 7 heteroatoms. The van der Waals surface area contributed by atoms with Gasteiger partial charge < -0.3 is 9.84 Å². The quantitative estimate of drug-likeness (QED) is 0.683. The first kappa shape index (κ1) is 14.4. The van der Waals surface area contributed by atoms with Crippen molar-refractivity contribution in [2.45, 2.75) is 6.92 Å². The van der Waals surface area contributed by atoms with Crippen LogP contribution in [0.15, 0.2) is 36.9 Å². The molecule has 0 saturated carbocycles. The van der Waals surface area contributed by atoms with Crippen LogP contribution in [-0.2, 0) is 9.53 Å². The van der Waals surface area contributed by atoms with Gasteiger partial charge in [0.25, 0.3) is 0 Å². The molecule has 0 atom stereocenters. The Kier molecular flexibility index (Phi) is 4.45. The van der Waals surface area contributed by atoms with Crippen molar-refractivity contribution in [2.75, 3.05) is 6.61 Å². The molecule has 2 aromatic rings. The molecule has 0 spiro atoms. The van der Waals surface area contributed by atoms with Gasteiger partial charge in [0.15, 0.2) is 0 Å². The van der Waals surface area contributed by atoms with E-state index in [1.807, 2.05) is 0 Å².